The SMILES string of the molecule is C[n+]1nc(C2CCNCC2)oc1-c1ccc2c(c1)C(C)(C)CCC2(C)C. The van der Waals surface area contributed by atoms with Crippen molar-refractivity contribution in [3.05, 3.63) is 35.2 Å². The summed E-state index contributed by atoms with van der Waals surface area (Å²) in [6.07, 6.45) is 4.67. The normalized spacial score (nSPS) is 22.2. The van der Waals surface area contributed by atoms with Gasteiger partial charge in [0.15, 0.2) is 7.05 Å². The molecule has 1 fully saturated rings. The smallest absolute Gasteiger partial charge is 0.382 e. The van der Waals surface area contributed by atoms with Crippen LogP contribution in [0, 0.1) is 0 Å². The van der Waals surface area contributed by atoms with Crippen LogP contribution in [0.2, 0.25) is 0 Å². The third-order valence-corrected chi connectivity index (χ3v) is 6.53. The highest BCUT2D eigenvalue weighted by Gasteiger charge is 2.38. The van der Waals surface area contributed by atoms with Crippen LogP contribution in [0.25, 0.3) is 11.5 Å². The molecule has 26 heavy (non-hydrogen) atoms. The largest absolute Gasteiger partial charge is 0.407 e. The van der Waals surface area contributed by atoms with E-state index < -0.39 is 0 Å². The van der Waals surface area contributed by atoms with Gasteiger partial charge < -0.3 is 9.73 Å². The summed E-state index contributed by atoms with van der Waals surface area (Å²) in [7, 11) is 2.00. The average molecular weight is 355 g/mol. The fourth-order valence-electron chi connectivity index (χ4n) is 4.58. The van der Waals surface area contributed by atoms with Crippen LogP contribution in [-0.2, 0) is 17.9 Å². The van der Waals surface area contributed by atoms with E-state index in [-0.39, 0.29) is 10.8 Å². The van der Waals surface area contributed by atoms with Gasteiger partial charge in [0.2, 0.25) is 0 Å². The number of piperidine rings is 1. The van der Waals surface area contributed by atoms with Crippen LogP contribution in [-0.4, -0.2) is 18.2 Å². The Bertz CT molecular complexity index is 813. The van der Waals surface area contributed by atoms with Crippen LogP contribution in [0.5, 0.6) is 0 Å². The second-order valence-corrected chi connectivity index (χ2v) is 9.42. The molecule has 2 heterocycles. The number of hydrogen-bond donors (Lipinski definition) is 1. The first-order chi connectivity index (χ1) is 12.3. The minimum absolute atomic E-state index is 0.206. The monoisotopic (exact) mass is 354 g/mol. The van der Waals surface area contributed by atoms with Gasteiger partial charge in [-0.25, -0.2) is 0 Å². The molecular weight excluding hydrogens is 322 g/mol. The van der Waals surface area contributed by atoms with Gasteiger partial charge in [-0.1, -0.05) is 33.8 Å². The molecule has 140 valence electrons. The number of nitrogens with one attached hydrogen (secondary N) is 1. The van der Waals surface area contributed by atoms with E-state index in [0.29, 0.717) is 5.92 Å². The summed E-state index contributed by atoms with van der Waals surface area (Å²) in [4.78, 5) is 0. The van der Waals surface area contributed by atoms with E-state index in [1.165, 1.54) is 24.0 Å². The first-order valence-electron chi connectivity index (χ1n) is 10.0. The van der Waals surface area contributed by atoms with Crippen LogP contribution < -0.4 is 10.00 Å². The maximum Gasteiger partial charge on any atom is 0.407 e. The number of aromatic nitrogens is 2. The van der Waals surface area contributed by atoms with Crippen LogP contribution in [0.1, 0.15) is 76.3 Å². The van der Waals surface area contributed by atoms with Crippen molar-refractivity contribution in [1.82, 2.24) is 10.4 Å². The van der Waals surface area contributed by atoms with Gasteiger partial charge >= 0.3 is 5.89 Å². The molecule has 4 heteroatoms. The Balaban J connectivity index is 1.74. The Kier molecular flexibility index (Phi) is 4.22. The van der Waals surface area contributed by atoms with Gasteiger partial charge in [0.05, 0.1) is 5.56 Å². The summed E-state index contributed by atoms with van der Waals surface area (Å²) >= 11 is 0. The van der Waals surface area contributed by atoms with Crippen LogP contribution in [0.3, 0.4) is 0 Å². The fraction of sp³-hybridized carbons (Fsp3) is 0.636. The van der Waals surface area contributed by atoms with Crippen molar-refractivity contribution in [3.63, 3.8) is 0 Å². The van der Waals surface area contributed by atoms with Gasteiger partial charge in [0.25, 0.3) is 5.89 Å². The lowest BCUT2D eigenvalue weighted by Crippen LogP contribution is -2.35. The highest BCUT2D eigenvalue weighted by molar-refractivity contribution is 5.57. The zero-order valence-electron chi connectivity index (χ0n) is 16.9. The Hall–Kier alpha value is -1.68. The summed E-state index contributed by atoms with van der Waals surface area (Å²) in [5.74, 6) is 2.20. The molecule has 0 bridgehead atoms. The van der Waals surface area contributed by atoms with Gasteiger partial charge in [-0.05, 0) is 77.5 Å². The third-order valence-electron chi connectivity index (χ3n) is 6.53. The second kappa shape index (κ2) is 6.19. The molecule has 0 amide bonds. The molecule has 0 spiro atoms. The molecule has 0 saturated carbocycles. The predicted octanol–water partition coefficient (Wildman–Crippen LogP) is 3.98. The van der Waals surface area contributed by atoms with Crippen molar-refractivity contribution in [2.75, 3.05) is 13.1 Å². The number of benzene rings is 1. The quantitative estimate of drug-likeness (QED) is 0.830. The summed E-state index contributed by atoms with van der Waals surface area (Å²) in [5.41, 5.74) is 4.54. The number of nitrogens with zero attached hydrogens (tertiary/aromatic N) is 2. The first kappa shape index (κ1) is 17.7. The molecule has 0 unspecified atom stereocenters. The Morgan fingerprint density at radius 2 is 1.69 bits per heavy atom. The van der Waals surface area contributed by atoms with Crippen molar-refractivity contribution in [2.24, 2.45) is 7.05 Å². The number of fused-ring (bicyclic) bond motifs is 1. The lowest BCUT2D eigenvalue weighted by Gasteiger charge is -2.41. The minimum Gasteiger partial charge on any atom is -0.382 e. The van der Waals surface area contributed by atoms with E-state index >= 15 is 0 Å². The fourth-order valence-corrected chi connectivity index (χ4v) is 4.58. The molecule has 4 nitrogen and oxygen atoms in total. The second-order valence-electron chi connectivity index (χ2n) is 9.42. The van der Waals surface area contributed by atoms with Crippen molar-refractivity contribution < 1.29 is 9.10 Å². The maximum atomic E-state index is 6.28. The predicted molar refractivity (Wildman–Crippen MR) is 103 cm³/mol. The Morgan fingerprint density at radius 3 is 2.38 bits per heavy atom. The number of aryl methyl sites for hydroxylation is 1. The van der Waals surface area contributed by atoms with Gasteiger partial charge in [0.1, 0.15) is 0 Å². The molecule has 1 aliphatic heterocycles. The van der Waals surface area contributed by atoms with E-state index in [9.17, 15) is 0 Å². The van der Waals surface area contributed by atoms with E-state index in [1.54, 1.807) is 0 Å². The molecule has 2 aromatic rings. The molecule has 1 aliphatic carbocycles. The summed E-state index contributed by atoms with van der Waals surface area (Å²) < 4.78 is 8.19. The van der Waals surface area contributed by atoms with Crippen LogP contribution in [0.15, 0.2) is 22.6 Å². The summed E-state index contributed by atoms with van der Waals surface area (Å²) in [6.45, 7) is 11.6. The molecule has 2 aliphatic rings. The van der Waals surface area contributed by atoms with Crippen molar-refractivity contribution >= 4 is 0 Å². The van der Waals surface area contributed by atoms with Gasteiger partial charge in [0, 0.05) is 11.0 Å². The van der Waals surface area contributed by atoms with E-state index in [0.717, 1.165) is 43.3 Å². The zero-order valence-corrected chi connectivity index (χ0v) is 16.9. The zero-order chi connectivity index (χ0) is 18.5. The lowest BCUT2D eigenvalue weighted by atomic mass is 9.63. The molecular formula is C22H32N3O+. The molecule has 1 saturated heterocycles. The van der Waals surface area contributed by atoms with E-state index in [2.05, 4.69) is 51.2 Å². The van der Waals surface area contributed by atoms with Gasteiger partial charge in [-0.3, -0.25) is 0 Å². The summed E-state index contributed by atoms with van der Waals surface area (Å²) in [5, 5.41) is 8.12. The van der Waals surface area contributed by atoms with E-state index in [4.69, 9.17) is 9.52 Å². The molecule has 0 atom stereocenters. The molecule has 4 rings (SSSR count). The van der Waals surface area contributed by atoms with Crippen molar-refractivity contribution in [3.8, 4) is 11.5 Å². The van der Waals surface area contributed by atoms with Crippen LogP contribution >= 0.6 is 0 Å². The molecule has 1 aromatic carbocycles. The summed E-state index contributed by atoms with van der Waals surface area (Å²) in [6, 6.07) is 6.88. The standard InChI is InChI=1S/C22H32N3O/c1-21(2)10-11-22(3,4)18-14-16(6-7-17(18)21)20-25(5)24-19(26-20)15-8-12-23-13-9-15/h6-7,14-15,23H,8-13H2,1-5H3/q+1. The topological polar surface area (TPSA) is 41.9 Å². The van der Waals surface area contributed by atoms with Crippen LogP contribution in [0.4, 0.5) is 0 Å². The van der Waals surface area contributed by atoms with E-state index in [1.807, 2.05) is 11.7 Å². The highest BCUT2D eigenvalue weighted by atomic mass is 16.4. The lowest BCUT2D eigenvalue weighted by molar-refractivity contribution is -0.720. The maximum absolute atomic E-state index is 6.28. The molecule has 1 N–H and O–H groups in total. The first-order valence-corrected chi connectivity index (χ1v) is 10.0. The average Bonchev–Trinajstić information content (AvgIpc) is 3.01. The minimum atomic E-state index is 0.206. The molecule has 0 radical (unpaired) electrons. The Morgan fingerprint density at radius 1 is 1.04 bits per heavy atom. The highest BCUT2D eigenvalue weighted by Crippen LogP contribution is 2.46. The van der Waals surface area contributed by atoms with Crippen molar-refractivity contribution in [2.45, 2.75) is 70.1 Å². The number of hydrogen-bond acceptors (Lipinski definition) is 3. The molecule has 1 aromatic heterocycles. The van der Waals surface area contributed by atoms with Crippen molar-refractivity contribution in [1.29, 1.82) is 0 Å². The van der Waals surface area contributed by atoms with Gasteiger partial charge in [-0.15, -0.1) is 0 Å². The third kappa shape index (κ3) is 2.98. The Labute approximate surface area is 157 Å². The van der Waals surface area contributed by atoms with Gasteiger partial charge in [-0.2, -0.15) is 0 Å². The number of rotatable bonds is 2.